The molecule has 1 aliphatic heterocycles. The molecule has 1 aliphatic rings. The van der Waals surface area contributed by atoms with Crippen LogP contribution >= 0.6 is 0 Å². The van der Waals surface area contributed by atoms with Crippen molar-refractivity contribution < 1.29 is 18.4 Å². The molecule has 2 aromatic carbocycles. The van der Waals surface area contributed by atoms with Crippen LogP contribution in [0.5, 0.6) is 0 Å². The van der Waals surface area contributed by atoms with Gasteiger partial charge in [0, 0.05) is 12.2 Å². The number of benzene rings is 2. The van der Waals surface area contributed by atoms with E-state index in [-0.39, 0.29) is 5.69 Å². The number of carbonyl (C=O) groups is 2. The van der Waals surface area contributed by atoms with Crippen LogP contribution in [0.1, 0.15) is 12.8 Å². The monoisotopic (exact) mass is 345 g/mol. The summed E-state index contributed by atoms with van der Waals surface area (Å²) in [6.45, 7) is 0.419. The highest BCUT2D eigenvalue weighted by atomic mass is 19.1. The number of carbonyl (C=O) groups excluding carboxylic acids is 2. The SMILES string of the molecule is O=C(Nc1ccccc1F)[C@H]1CCCN1C(=O)Nc1ccc(F)cc1. The first-order valence-electron chi connectivity index (χ1n) is 7.93. The molecule has 130 valence electrons. The highest BCUT2D eigenvalue weighted by molar-refractivity contribution is 5.99. The van der Waals surface area contributed by atoms with Crippen LogP contribution in [0, 0.1) is 11.6 Å². The summed E-state index contributed by atoms with van der Waals surface area (Å²) >= 11 is 0. The molecule has 0 radical (unpaired) electrons. The van der Waals surface area contributed by atoms with Gasteiger partial charge >= 0.3 is 6.03 Å². The minimum atomic E-state index is -0.681. The summed E-state index contributed by atoms with van der Waals surface area (Å²) in [5, 5.41) is 5.16. The molecule has 1 saturated heterocycles. The molecule has 1 fully saturated rings. The van der Waals surface area contributed by atoms with E-state index < -0.39 is 29.6 Å². The van der Waals surface area contributed by atoms with E-state index >= 15 is 0 Å². The fourth-order valence-electron chi connectivity index (χ4n) is 2.79. The number of urea groups is 1. The molecular formula is C18H17F2N3O2. The number of anilines is 2. The molecule has 25 heavy (non-hydrogen) atoms. The Hall–Kier alpha value is -2.96. The first kappa shape index (κ1) is 16.9. The molecule has 0 unspecified atom stereocenters. The van der Waals surface area contributed by atoms with E-state index in [9.17, 15) is 18.4 Å². The number of amides is 3. The van der Waals surface area contributed by atoms with E-state index in [1.54, 1.807) is 6.07 Å². The van der Waals surface area contributed by atoms with Gasteiger partial charge in [0.2, 0.25) is 5.91 Å². The van der Waals surface area contributed by atoms with Gasteiger partial charge in [-0.25, -0.2) is 13.6 Å². The molecule has 1 heterocycles. The molecule has 2 N–H and O–H groups in total. The number of nitrogens with one attached hydrogen (secondary N) is 2. The van der Waals surface area contributed by atoms with Crippen LogP contribution in [0.25, 0.3) is 0 Å². The molecule has 0 aliphatic carbocycles. The van der Waals surface area contributed by atoms with Gasteiger partial charge < -0.3 is 15.5 Å². The van der Waals surface area contributed by atoms with Gasteiger partial charge in [0.25, 0.3) is 0 Å². The zero-order chi connectivity index (χ0) is 17.8. The Morgan fingerprint density at radius 3 is 2.44 bits per heavy atom. The van der Waals surface area contributed by atoms with Crippen LogP contribution in [-0.4, -0.2) is 29.4 Å². The molecule has 0 saturated carbocycles. The molecule has 5 nitrogen and oxygen atoms in total. The van der Waals surface area contributed by atoms with E-state index in [1.807, 2.05) is 0 Å². The quantitative estimate of drug-likeness (QED) is 0.893. The van der Waals surface area contributed by atoms with E-state index in [0.717, 1.165) is 0 Å². The Morgan fingerprint density at radius 1 is 1.00 bits per heavy atom. The summed E-state index contributed by atoms with van der Waals surface area (Å²) in [5.74, 6) is -1.37. The standard InChI is InChI=1S/C18H17F2N3O2/c19-12-7-9-13(10-8-12)21-18(25)23-11-3-6-16(23)17(24)22-15-5-2-1-4-14(15)20/h1-2,4-5,7-10,16H,3,6,11H2,(H,21,25)(H,22,24)/t16-/m1/s1. The van der Waals surface area contributed by atoms with Gasteiger partial charge in [-0.3, -0.25) is 4.79 Å². The number of hydrogen-bond acceptors (Lipinski definition) is 2. The fourth-order valence-corrected chi connectivity index (χ4v) is 2.79. The minimum Gasteiger partial charge on any atom is -0.322 e. The summed E-state index contributed by atoms with van der Waals surface area (Å²) in [5.41, 5.74) is 0.518. The highest BCUT2D eigenvalue weighted by Crippen LogP contribution is 2.22. The minimum absolute atomic E-state index is 0.0818. The lowest BCUT2D eigenvalue weighted by molar-refractivity contribution is -0.119. The average Bonchev–Trinajstić information content (AvgIpc) is 3.09. The normalized spacial score (nSPS) is 16.6. The molecule has 0 aromatic heterocycles. The van der Waals surface area contributed by atoms with E-state index in [4.69, 9.17) is 0 Å². The van der Waals surface area contributed by atoms with Gasteiger partial charge in [-0.05, 0) is 49.2 Å². The van der Waals surface area contributed by atoms with E-state index in [2.05, 4.69) is 10.6 Å². The Bertz CT molecular complexity index is 780. The number of nitrogens with zero attached hydrogens (tertiary/aromatic N) is 1. The number of rotatable bonds is 3. The van der Waals surface area contributed by atoms with Crippen LogP contribution in [0.15, 0.2) is 48.5 Å². The van der Waals surface area contributed by atoms with Crippen molar-refractivity contribution in [2.24, 2.45) is 0 Å². The first-order chi connectivity index (χ1) is 12.0. The Balaban J connectivity index is 1.67. The van der Waals surface area contributed by atoms with Crippen LogP contribution < -0.4 is 10.6 Å². The second-order valence-corrected chi connectivity index (χ2v) is 5.76. The maximum absolute atomic E-state index is 13.7. The van der Waals surface area contributed by atoms with Gasteiger partial charge in [-0.1, -0.05) is 12.1 Å². The maximum atomic E-state index is 13.7. The highest BCUT2D eigenvalue weighted by Gasteiger charge is 2.34. The largest absolute Gasteiger partial charge is 0.322 e. The second kappa shape index (κ2) is 7.29. The molecular weight excluding hydrogens is 328 g/mol. The van der Waals surface area contributed by atoms with Gasteiger partial charge in [-0.15, -0.1) is 0 Å². The van der Waals surface area contributed by atoms with Crippen molar-refractivity contribution >= 4 is 23.3 Å². The molecule has 0 bridgehead atoms. The van der Waals surface area contributed by atoms with Crippen molar-refractivity contribution in [2.45, 2.75) is 18.9 Å². The van der Waals surface area contributed by atoms with Gasteiger partial charge in [0.15, 0.2) is 0 Å². The fraction of sp³-hybridized carbons (Fsp3) is 0.222. The van der Waals surface area contributed by atoms with Crippen LogP contribution in [0.3, 0.4) is 0 Å². The predicted octanol–water partition coefficient (Wildman–Crippen LogP) is 3.60. The molecule has 3 rings (SSSR count). The summed E-state index contributed by atoms with van der Waals surface area (Å²) in [6, 6.07) is 10.1. The van der Waals surface area contributed by atoms with Crippen molar-refractivity contribution in [2.75, 3.05) is 17.2 Å². The third kappa shape index (κ3) is 3.93. The average molecular weight is 345 g/mol. The summed E-state index contributed by atoms with van der Waals surface area (Å²) in [6.07, 6.45) is 1.17. The van der Waals surface area contributed by atoms with E-state index in [0.29, 0.717) is 25.1 Å². The Kier molecular flexibility index (Phi) is 4.92. The van der Waals surface area contributed by atoms with Gasteiger partial charge in [-0.2, -0.15) is 0 Å². The summed E-state index contributed by atoms with van der Waals surface area (Å²) < 4.78 is 26.6. The zero-order valence-electron chi connectivity index (χ0n) is 13.3. The molecule has 3 amide bonds. The number of para-hydroxylation sites is 1. The lowest BCUT2D eigenvalue weighted by Crippen LogP contribution is -2.45. The lowest BCUT2D eigenvalue weighted by Gasteiger charge is -2.24. The molecule has 7 heteroatoms. The molecule has 2 aromatic rings. The van der Waals surface area contributed by atoms with Crippen LogP contribution in [0.4, 0.5) is 25.0 Å². The third-order valence-corrected chi connectivity index (χ3v) is 4.04. The third-order valence-electron chi connectivity index (χ3n) is 4.04. The van der Waals surface area contributed by atoms with Gasteiger partial charge in [0.05, 0.1) is 5.69 Å². The van der Waals surface area contributed by atoms with Crippen molar-refractivity contribution in [1.29, 1.82) is 0 Å². The second-order valence-electron chi connectivity index (χ2n) is 5.76. The van der Waals surface area contributed by atoms with Crippen molar-refractivity contribution in [3.63, 3.8) is 0 Å². The predicted molar refractivity (Wildman–Crippen MR) is 90.2 cm³/mol. The smallest absolute Gasteiger partial charge is 0.322 e. The number of likely N-dealkylation sites (tertiary alicyclic amines) is 1. The van der Waals surface area contributed by atoms with E-state index in [1.165, 1.54) is 47.4 Å². The summed E-state index contributed by atoms with van der Waals surface area (Å²) in [4.78, 5) is 26.2. The number of hydrogen-bond donors (Lipinski definition) is 2. The number of halogens is 2. The van der Waals surface area contributed by atoms with Crippen LogP contribution in [0.2, 0.25) is 0 Å². The van der Waals surface area contributed by atoms with Crippen molar-refractivity contribution in [3.8, 4) is 0 Å². The lowest BCUT2D eigenvalue weighted by atomic mass is 10.2. The molecule has 1 atom stereocenters. The van der Waals surface area contributed by atoms with Crippen molar-refractivity contribution in [3.05, 3.63) is 60.2 Å². The van der Waals surface area contributed by atoms with Crippen LogP contribution in [-0.2, 0) is 4.79 Å². The first-order valence-corrected chi connectivity index (χ1v) is 7.93. The topological polar surface area (TPSA) is 61.4 Å². The van der Waals surface area contributed by atoms with Crippen molar-refractivity contribution in [1.82, 2.24) is 4.90 Å². The Labute approximate surface area is 143 Å². The van der Waals surface area contributed by atoms with Gasteiger partial charge in [0.1, 0.15) is 17.7 Å². The zero-order valence-corrected chi connectivity index (χ0v) is 13.3. The maximum Gasteiger partial charge on any atom is 0.322 e. The summed E-state index contributed by atoms with van der Waals surface area (Å²) in [7, 11) is 0. The Morgan fingerprint density at radius 2 is 1.72 bits per heavy atom. The molecule has 0 spiro atoms.